The van der Waals surface area contributed by atoms with Crippen LogP contribution in [0.1, 0.15) is 32.1 Å². The fourth-order valence-electron chi connectivity index (χ4n) is 2.37. The minimum Gasteiger partial charge on any atom is -0.469 e. The van der Waals surface area contributed by atoms with Gasteiger partial charge in [0.15, 0.2) is 0 Å². The molecule has 0 amide bonds. The number of nitrogens with one attached hydrogen (secondary N) is 1. The third-order valence-corrected chi connectivity index (χ3v) is 3.84. The molecule has 0 radical (unpaired) electrons. The van der Waals surface area contributed by atoms with Crippen molar-refractivity contribution in [2.24, 2.45) is 5.92 Å². The van der Waals surface area contributed by atoms with Gasteiger partial charge in [-0.05, 0) is 51.2 Å². The molecule has 18 heavy (non-hydrogen) atoms. The number of hydrogen-bond donors (Lipinski definition) is 1. The first-order chi connectivity index (χ1) is 8.28. The summed E-state index contributed by atoms with van der Waals surface area (Å²) in [6.45, 7) is 4.29. The zero-order valence-electron chi connectivity index (χ0n) is 11.2. The third-order valence-electron chi connectivity index (χ3n) is 3.84. The number of piperidine rings is 1. The lowest BCUT2D eigenvalue weighted by molar-refractivity contribution is -0.141. The van der Waals surface area contributed by atoms with Gasteiger partial charge >= 0.3 is 5.97 Å². The first-order valence-electron chi connectivity index (χ1n) is 6.80. The van der Waals surface area contributed by atoms with Crippen molar-refractivity contribution in [3.63, 3.8) is 0 Å². The summed E-state index contributed by atoms with van der Waals surface area (Å²) >= 11 is 0. The zero-order valence-corrected chi connectivity index (χ0v) is 12.0. The fourth-order valence-corrected chi connectivity index (χ4v) is 2.37. The summed E-state index contributed by atoms with van der Waals surface area (Å²) in [6, 6.07) is 0.699. The van der Waals surface area contributed by atoms with Gasteiger partial charge in [0.05, 0.1) is 13.5 Å². The number of rotatable bonds is 6. The lowest BCUT2D eigenvalue weighted by atomic mass is 10.0. The summed E-state index contributed by atoms with van der Waals surface area (Å²) in [4.78, 5) is 13.4. The molecule has 1 heterocycles. The van der Waals surface area contributed by atoms with Gasteiger partial charge in [-0.1, -0.05) is 0 Å². The van der Waals surface area contributed by atoms with Crippen LogP contribution >= 0.6 is 12.4 Å². The Hall–Kier alpha value is -0.320. The van der Waals surface area contributed by atoms with Crippen LogP contribution in [0.3, 0.4) is 0 Å². The van der Waals surface area contributed by atoms with E-state index in [9.17, 15) is 4.79 Å². The van der Waals surface area contributed by atoms with E-state index in [4.69, 9.17) is 0 Å². The number of ether oxygens (including phenoxy) is 1. The van der Waals surface area contributed by atoms with Crippen molar-refractivity contribution < 1.29 is 9.53 Å². The first kappa shape index (κ1) is 15.7. The van der Waals surface area contributed by atoms with Gasteiger partial charge in [0.2, 0.25) is 0 Å². The molecule has 1 aliphatic heterocycles. The lowest BCUT2D eigenvalue weighted by Gasteiger charge is -2.32. The van der Waals surface area contributed by atoms with E-state index >= 15 is 0 Å². The van der Waals surface area contributed by atoms with Crippen LogP contribution in [0, 0.1) is 5.92 Å². The monoisotopic (exact) mass is 276 g/mol. The van der Waals surface area contributed by atoms with E-state index < -0.39 is 0 Å². The van der Waals surface area contributed by atoms with E-state index in [0.29, 0.717) is 12.5 Å². The summed E-state index contributed by atoms with van der Waals surface area (Å²) in [5.74, 6) is 0.867. The molecule has 0 unspecified atom stereocenters. The average molecular weight is 277 g/mol. The van der Waals surface area contributed by atoms with Crippen LogP contribution < -0.4 is 5.32 Å². The standard InChI is InChI=1S/C13H24N2O2.ClH/c1-17-13(16)6-9-15-7-4-12(5-8-15)14-10-11-2-3-11;/h11-12,14H,2-10H2,1H3;1H. The van der Waals surface area contributed by atoms with Crippen LogP contribution in [0.15, 0.2) is 0 Å². The molecule has 1 aliphatic carbocycles. The third kappa shape index (κ3) is 5.55. The van der Waals surface area contributed by atoms with Crippen LogP contribution in [0.2, 0.25) is 0 Å². The quantitative estimate of drug-likeness (QED) is 0.746. The maximum absolute atomic E-state index is 11.0. The van der Waals surface area contributed by atoms with Crippen molar-refractivity contribution in [3.8, 4) is 0 Å². The molecule has 1 N–H and O–H groups in total. The Balaban J connectivity index is 0.00000162. The Labute approximate surface area is 116 Å². The zero-order chi connectivity index (χ0) is 12.1. The van der Waals surface area contributed by atoms with Gasteiger partial charge in [-0.15, -0.1) is 12.4 Å². The number of hydrogen-bond acceptors (Lipinski definition) is 4. The molecule has 2 rings (SSSR count). The Morgan fingerprint density at radius 2 is 1.94 bits per heavy atom. The van der Waals surface area contributed by atoms with Gasteiger partial charge in [0, 0.05) is 12.6 Å². The Bertz CT molecular complexity index is 251. The van der Waals surface area contributed by atoms with Crippen LogP contribution in [-0.4, -0.2) is 50.2 Å². The Morgan fingerprint density at radius 3 is 2.50 bits per heavy atom. The van der Waals surface area contributed by atoms with Gasteiger partial charge in [-0.25, -0.2) is 0 Å². The number of halogens is 1. The van der Waals surface area contributed by atoms with Gasteiger partial charge in [-0.3, -0.25) is 4.79 Å². The summed E-state index contributed by atoms with van der Waals surface area (Å²) in [6.07, 6.45) is 5.80. The molecule has 0 spiro atoms. The SMILES string of the molecule is COC(=O)CCN1CCC(NCC2CC2)CC1.Cl. The van der Waals surface area contributed by atoms with E-state index in [1.165, 1.54) is 39.3 Å². The molecular formula is C13H25ClN2O2. The van der Waals surface area contributed by atoms with E-state index in [1.807, 2.05) is 0 Å². The van der Waals surface area contributed by atoms with Gasteiger partial charge < -0.3 is 15.0 Å². The fraction of sp³-hybridized carbons (Fsp3) is 0.923. The predicted octanol–water partition coefficient (Wildman–Crippen LogP) is 1.44. The molecule has 2 fully saturated rings. The highest BCUT2D eigenvalue weighted by molar-refractivity contribution is 5.85. The maximum Gasteiger partial charge on any atom is 0.306 e. The lowest BCUT2D eigenvalue weighted by Crippen LogP contribution is -2.43. The molecule has 2 aliphatic rings. The van der Waals surface area contributed by atoms with Crippen molar-refractivity contribution in [1.82, 2.24) is 10.2 Å². The van der Waals surface area contributed by atoms with Crippen LogP contribution in [-0.2, 0) is 9.53 Å². The number of carbonyl (C=O) groups is 1. The van der Waals surface area contributed by atoms with E-state index in [1.54, 1.807) is 0 Å². The number of carbonyl (C=O) groups excluding carboxylic acids is 1. The minimum atomic E-state index is -0.0982. The largest absolute Gasteiger partial charge is 0.469 e. The topological polar surface area (TPSA) is 41.6 Å². The second-order valence-electron chi connectivity index (χ2n) is 5.29. The highest BCUT2D eigenvalue weighted by Gasteiger charge is 2.24. The highest BCUT2D eigenvalue weighted by Crippen LogP contribution is 2.28. The van der Waals surface area contributed by atoms with Gasteiger partial charge in [0.1, 0.15) is 0 Å². The molecule has 5 heteroatoms. The van der Waals surface area contributed by atoms with Crippen molar-refractivity contribution in [3.05, 3.63) is 0 Å². The van der Waals surface area contributed by atoms with Crippen molar-refractivity contribution in [1.29, 1.82) is 0 Å². The van der Waals surface area contributed by atoms with E-state index in [2.05, 4.69) is 15.0 Å². The molecule has 1 saturated heterocycles. The first-order valence-corrected chi connectivity index (χ1v) is 6.80. The highest BCUT2D eigenvalue weighted by atomic mass is 35.5. The average Bonchev–Trinajstić information content (AvgIpc) is 3.18. The van der Waals surface area contributed by atoms with Crippen LogP contribution in [0.4, 0.5) is 0 Å². The molecular weight excluding hydrogens is 252 g/mol. The molecule has 106 valence electrons. The van der Waals surface area contributed by atoms with Crippen LogP contribution in [0.25, 0.3) is 0 Å². The van der Waals surface area contributed by atoms with Gasteiger partial charge in [0.25, 0.3) is 0 Å². The van der Waals surface area contributed by atoms with E-state index in [-0.39, 0.29) is 18.4 Å². The van der Waals surface area contributed by atoms with E-state index in [0.717, 1.165) is 25.6 Å². The molecule has 0 bridgehead atoms. The summed E-state index contributed by atoms with van der Waals surface area (Å²) in [5, 5.41) is 3.66. The number of methoxy groups -OCH3 is 1. The second kappa shape index (κ2) is 7.97. The van der Waals surface area contributed by atoms with Crippen molar-refractivity contribution >= 4 is 18.4 Å². The Kier molecular flexibility index (Phi) is 6.97. The number of likely N-dealkylation sites (tertiary alicyclic amines) is 1. The molecule has 1 saturated carbocycles. The normalized spacial score (nSPS) is 21.4. The maximum atomic E-state index is 11.0. The molecule has 4 nitrogen and oxygen atoms in total. The van der Waals surface area contributed by atoms with Gasteiger partial charge in [-0.2, -0.15) is 0 Å². The molecule has 0 aromatic rings. The Morgan fingerprint density at radius 1 is 1.28 bits per heavy atom. The van der Waals surface area contributed by atoms with Crippen molar-refractivity contribution in [2.45, 2.75) is 38.1 Å². The van der Waals surface area contributed by atoms with Crippen LogP contribution in [0.5, 0.6) is 0 Å². The second-order valence-corrected chi connectivity index (χ2v) is 5.29. The number of esters is 1. The summed E-state index contributed by atoms with van der Waals surface area (Å²) in [7, 11) is 1.45. The summed E-state index contributed by atoms with van der Waals surface area (Å²) < 4.78 is 4.66. The molecule has 0 atom stereocenters. The molecule has 0 aromatic carbocycles. The predicted molar refractivity (Wildman–Crippen MR) is 74.1 cm³/mol. The minimum absolute atomic E-state index is 0. The number of nitrogens with zero attached hydrogens (tertiary/aromatic N) is 1. The smallest absolute Gasteiger partial charge is 0.306 e. The molecule has 0 aromatic heterocycles. The summed E-state index contributed by atoms with van der Waals surface area (Å²) in [5.41, 5.74) is 0. The van der Waals surface area contributed by atoms with Crippen molar-refractivity contribution in [2.75, 3.05) is 33.3 Å².